The molecule has 208 valence electrons. The van der Waals surface area contributed by atoms with E-state index in [0.717, 1.165) is 49.3 Å². The molecule has 4 aliphatic heterocycles. The smallest absolute Gasteiger partial charge is 0.243 e. The van der Waals surface area contributed by atoms with Crippen LogP contribution in [0.3, 0.4) is 0 Å². The van der Waals surface area contributed by atoms with Crippen molar-refractivity contribution >= 4 is 15.9 Å². The standard InChI is InChI=1S/C29H35N3O6S/c33-29(26(22-4-2-1-3-5-22)16-30-15-21-8-10-36-11-9-21)31-17-23-19-32(20-24(23)18-31)39(34,35)25-6-7-27-28(14-25)38-13-12-37-27/h1-7,14,21,26,30H,8-13,15-20H2/t26-/m0/s1. The minimum absolute atomic E-state index is 0.0799. The van der Waals surface area contributed by atoms with Crippen LogP contribution in [0, 0.1) is 5.92 Å². The van der Waals surface area contributed by atoms with Crippen LogP contribution in [0.15, 0.2) is 64.6 Å². The van der Waals surface area contributed by atoms with Crippen molar-refractivity contribution in [2.45, 2.75) is 23.7 Å². The van der Waals surface area contributed by atoms with Gasteiger partial charge < -0.3 is 24.4 Å². The minimum atomic E-state index is -3.70. The molecular formula is C29H35N3O6S. The highest BCUT2D eigenvalue weighted by Gasteiger charge is 2.39. The van der Waals surface area contributed by atoms with Crippen molar-refractivity contribution in [3.8, 4) is 11.5 Å². The van der Waals surface area contributed by atoms with Gasteiger partial charge in [-0.3, -0.25) is 4.79 Å². The number of hydrogen-bond donors (Lipinski definition) is 1. The predicted molar refractivity (Wildman–Crippen MR) is 145 cm³/mol. The first-order valence-electron chi connectivity index (χ1n) is 13.7. The number of hydrogen-bond acceptors (Lipinski definition) is 7. The first-order valence-corrected chi connectivity index (χ1v) is 15.1. The van der Waals surface area contributed by atoms with E-state index in [1.165, 1.54) is 4.31 Å². The second-order valence-electron chi connectivity index (χ2n) is 10.7. The summed E-state index contributed by atoms with van der Waals surface area (Å²) in [6.07, 6.45) is 2.09. The normalized spacial score (nSPS) is 20.8. The molecule has 4 aliphatic rings. The molecule has 1 amide bonds. The number of ether oxygens (including phenoxy) is 3. The summed E-state index contributed by atoms with van der Waals surface area (Å²) in [6, 6.07) is 14.7. The van der Waals surface area contributed by atoms with E-state index in [1.54, 1.807) is 18.2 Å². The Morgan fingerprint density at radius 2 is 1.59 bits per heavy atom. The van der Waals surface area contributed by atoms with Gasteiger partial charge in [-0.15, -0.1) is 0 Å². The Morgan fingerprint density at radius 3 is 2.31 bits per heavy atom. The van der Waals surface area contributed by atoms with Gasteiger partial charge in [-0.1, -0.05) is 30.3 Å². The minimum Gasteiger partial charge on any atom is -0.486 e. The summed E-state index contributed by atoms with van der Waals surface area (Å²) in [5, 5.41) is 3.55. The van der Waals surface area contributed by atoms with Crippen LogP contribution in [0.4, 0.5) is 0 Å². The molecule has 1 atom stereocenters. The molecule has 1 N–H and O–H groups in total. The van der Waals surface area contributed by atoms with Gasteiger partial charge in [0.05, 0.1) is 10.8 Å². The molecule has 9 nitrogen and oxygen atoms in total. The van der Waals surface area contributed by atoms with Gasteiger partial charge in [0.2, 0.25) is 15.9 Å². The first kappa shape index (κ1) is 26.3. The molecule has 0 radical (unpaired) electrons. The van der Waals surface area contributed by atoms with Gasteiger partial charge in [-0.05, 0) is 54.1 Å². The SMILES string of the molecule is O=C([C@@H](CNCC1CCOCC1)c1ccccc1)N1CC2=C(C1)CN(S(=O)(=O)c1ccc3c(c1)OCCO3)C2. The second kappa shape index (κ2) is 11.3. The maximum Gasteiger partial charge on any atom is 0.243 e. The summed E-state index contributed by atoms with van der Waals surface area (Å²) in [7, 11) is -3.70. The third-order valence-corrected chi connectivity index (χ3v) is 9.87. The average Bonchev–Trinajstić information content (AvgIpc) is 3.56. The largest absolute Gasteiger partial charge is 0.486 e. The summed E-state index contributed by atoms with van der Waals surface area (Å²) < 4.78 is 44.9. The Bertz CT molecular complexity index is 1320. The fourth-order valence-electron chi connectivity index (χ4n) is 5.84. The topological polar surface area (TPSA) is 97.4 Å². The molecule has 4 heterocycles. The highest BCUT2D eigenvalue weighted by Crippen LogP contribution is 2.36. The zero-order chi connectivity index (χ0) is 26.8. The number of sulfonamides is 1. The molecular weight excluding hydrogens is 518 g/mol. The summed E-state index contributed by atoms with van der Waals surface area (Å²) in [4.78, 5) is 15.9. The van der Waals surface area contributed by atoms with E-state index in [1.807, 2.05) is 35.2 Å². The number of rotatable bonds is 8. The Morgan fingerprint density at radius 1 is 0.897 bits per heavy atom. The molecule has 0 spiro atoms. The number of fused-ring (bicyclic) bond motifs is 1. The van der Waals surface area contributed by atoms with Crippen molar-refractivity contribution in [3.63, 3.8) is 0 Å². The number of nitrogens with one attached hydrogen (secondary N) is 1. The number of nitrogens with zero attached hydrogens (tertiary/aromatic N) is 2. The van der Waals surface area contributed by atoms with Gasteiger partial charge in [0, 0.05) is 52.0 Å². The Labute approximate surface area is 229 Å². The first-order chi connectivity index (χ1) is 19.0. The number of carbonyl (C=O) groups excluding carboxylic acids is 1. The van der Waals surface area contributed by atoms with Gasteiger partial charge >= 0.3 is 0 Å². The molecule has 2 aromatic rings. The Balaban J connectivity index is 1.09. The third kappa shape index (κ3) is 5.56. The van der Waals surface area contributed by atoms with Crippen LogP contribution < -0.4 is 14.8 Å². The van der Waals surface area contributed by atoms with Gasteiger partial charge in [0.1, 0.15) is 13.2 Å². The summed E-state index contributed by atoms with van der Waals surface area (Å²) >= 11 is 0. The molecule has 0 unspecified atom stereocenters. The van der Waals surface area contributed by atoms with E-state index >= 15 is 0 Å². The van der Waals surface area contributed by atoms with Crippen LogP contribution in [0.5, 0.6) is 11.5 Å². The predicted octanol–water partition coefficient (Wildman–Crippen LogP) is 2.40. The van der Waals surface area contributed by atoms with Crippen molar-refractivity contribution in [3.05, 3.63) is 65.2 Å². The van der Waals surface area contributed by atoms with Crippen LogP contribution in [-0.2, 0) is 19.6 Å². The monoisotopic (exact) mass is 553 g/mol. The molecule has 1 saturated heterocycles. The molecule has 0 saturated carbocycles. The molecule has 0 bridgehead atoms. The average molecular weight is 554 g/mol. The molecule has 2 aromatic carbocycles. The van der Waals surface area contributed by atoms with Crippen LogP contribution in [0.1, 0.15) is 24.3 Å². The number of carbonyl (C=O) groups is 1. The van der Waals surface area contributed by atoms with Crippen molar-refractivity contribution in [1.29, 1.82) is 0 Å². The van der Waals surface area contributed by atoms with Crippen LogP contribution in [0.25, 0.3) is 0 Å². The van der Waals surface area contributed by atoms with E-state index < -0.39 is 10.0 Å². The Hall–Kier alpha value is -2.92. The third-order valence-electron chi connectivity index (χ3n) is 8.08. The van der Waals surface area contributed by atoms with Gasteiger partial charge in [-0.25, -0.2) is 8.42 Å². The fraction of sp³-hybridized carbons (Fsp3) is 0.483. The molecule has 1 fully saturated rings. The highest BCUT2D eigenvalue weighted by molar-refractivity contribution is 7.89. The molecule has 39 heavy (non-hydrogen) atoms. The van der Waals surface area contributed by atoms with Gasteiger partial charge in [0.15, 0.2) is 11.5 Å². The number of amides is 1. The molecule has 0 aromatic heterocycles. The Kier molecular flexibility index (Phi) is 7.61. The van der Waals surface area contributed by atoms with Gasteiger partial charge in [0.25, 0.3) is 0 Å². The van der Waals surface area contributed by atoms with Crippen LogP contribution in [-0.4, -0.2) is 89.2 Å². The van der Waals surface area contributed by atoms with E-state index in [4.69, 9.17) is 14.2 Å². The summed E-state index contributed by atoms with van der Waals surface area (Å²) in [5.74, 6) is 1.38. The van der Waals surface area contributed by atoms with E-state index in [2.05, 4.69) is 5.32 Å². The lowest BCUT2D eigenvalue weighted by Crippen LogP contribution is -2.41. The lowest BCUT2D eigenvalue weighted by Gasteiger charge is -2.28. The lowest BCUT2D eigenvalue weighted by atomic mass is 9.96. The maximum absolute atomic E-state index is 13.8. The van der Waals surface area contributed by atoms with Crippen molar-refractivity contribution in [2.24, 2.45) is 5.92 Å². The van der Waals surface area contributed by atoms with Crippen molar-refractivity contribution in [2.75, 3.05) is 65.7 Å². The highest BCUT2D eigenvalue weighted by atomic mass is 32.2. The maximum atomic E-state index is 13.8. The van der Waals surface area contributed by atoms with Crippen molar-refractivity contribution in [1.82, 2.24) is 14.5 Å². The van der Waals surface area contributed by atoms with E-state index in [9.17, 15) is 13.2 Å². The van der Waals surface area contributed by atoms with Crippen LogP contribution in [0.2, 0.25) is 0 Å². The molecule has 10 heteroatoms. The summed E-state index contributed by atoms with van der Waals surface area (Å²) in [6.45, 7) is 5.44. The van der Waals surface area contributed by atoms with Crippen LogP contribution >= 0.6 is 0 Å². The quantitative estimate of drug-likeness (QED) is 0.502. The van der Waals surface area contributed by atoms with E-state index in [-0.39, 0.29) is 16.7 Å². The summed E-state index contributed by atoms with van der Waals surface area (Å²) in [5.41, 5.74) is 3.04. The van der Waals surface area contributed by atoms with E-state index in [0.29, 0.717) is 63.4 Å². The van der Waals surface area contributed by atoms with Crippen molar-refractivity contribution < 1.29 is 27.4 Å². The lowest BCUT2D eigenvalue weighted by molar-refractivity contribution is -0.131. The molecule has 0 aliphatic carbocycles. The van der Waals surface area contributed by atoms with Gasteiger partial charge in [-0.2, -0.15) is 4.31 Å². The zero-order valence-electron chi connectivity index (χ0n) is 22.0. The molecule has 6 rings (SSSR count). The fourth-order valence-corrected chi connectivity index (χ4v) is 7.29. The number of benzene rings is 2. The second-order valence-corrected chi connectivity index (χ2v) is 12.6. The zero-order valence-corrected chi connectivity index (χ0v) is 22.8.